The molecule has 1 unspecified atom stereocenters. The average molecular weight is 342 g/mol. The number of carboxylic acid groups (broad SMARTS) is 1. The molecular formula is C18H30O6. The molecule has 1 saturated heterocycles. The van der Waals surface area contributed by atoms with Crippen LogP contribution in [0, 0.1) is 11.8 Å². The Balaban J connectivity index is 1.71. The maximum atomic E-state index is 10.5. The highest BCUT2D eigenvalue weighted by Gasteiger charge is 2.49. The Kier molecular flexibility index (Phi) is 8.18. The Morgan fingerprint density at radius 3 is 2.62 bits per heavy atom. The highest BCUT2D eigenvalue weighted by molar-refractivity contribution is 5.66. The van der Waals surface area contributed by atoms with E-state index in [9.17, 15) is 4.79 Å². The van der Waals surface area contributed by atoms with E-state index in [2.05, 4.69) is 11.0 Å². The van der Waals surface area contributed by atoms with Crippen molar-refractivity contribution in [3.63, 3.8) is 0 Å². The Morgan fingerprint density at radius 1 is 1.21 bits per heavy atom. The zero-order valence-electron chi connectivity index (χ0n) is 14.4. The summed E-state index contributed by atoms with van der Waals surface area (Å²) in [7, 11) is 0. The maximum absolute atomic E-state index is 10.5. The van der Waals surface area contributed by atoms with Crippen LogP contribution < -0.4 is 0 Å². The van der Waals surface area contributed by atoms with Gasteiger partial charge in [0.15, 0.2) is 0 Å². The third-order valence-corrected chi connectivity index (χ3v) is 5.18. The molecule has 0 aromatic carbocycles. The average Bonchev–Trinajstić information content (AvgIpc) is 3.16. The first kappa shape index (κ1) is 19.4. The van der Waals surface area contributed by atoms with Crippen molar-refractivity contribution < 1.29 is 29.8 Å². The van der Waals surface area contributed by atoms with Gasteiger partial charge in [0, 0.05) is 18.8 Å². The number of aliphatic carboxylic acids is 1. The van der Waals surface area contributed by atoms with E-state index in [1.54, 1.807) is 0 Å². The Morgan fingerprint density at radius 2 is 1.92 bits per heavy atom. The summed E-state index contributed by atoms with van der Waals surface area (Å²) < 4.78 is 0. The summed E-state index contributed by atoms with van der Waals surface area (Å²) in [6.45, 7) is 1.97. The molecule has 5 atom stereocenters. The van der Waals surface area contributed by atoms with Gasteiger partial charge in [-0.05, 0) is 25.2 Å². The van der Waals surface area contributed by atoms with Gasteiger partial charge in [-0.2, -0.15) is 0 Å². The lowest BCUT2D eigenvalue weighted by Gasteiger charge is -2.28. The van der Waals surface area contributed by atoms with Crippen LogP contribution in [0.2, 0.25) is 0 Å². The molecule has 1 heterocycles. The molecule has 0 spiro atoms. The SMILES string of the molecule is CCC(C=C[C@H]1[C@H](CCCCCCCC(=O)O)[C@H]2C[C@H]1OO2)OO. The van der Waals surface area contributed by atoms with Gasteiger partial charge in [0.2, 0.25) is 0 Å². The van der Waals surface area contributed by atoms with Gasteiger partial charge in [-0.15, -0.1) is 0 Å². The molecule has 2 aliphatic rings. The third-order valence-electron chi connectivity index (χ3n) is 5.18. The van der Waals surface area contributed by atoms with Crippen molar-refractivity contribution in [2.24, 2.45) is 11.8 Å². The van der Waals surface area contributed by atoms with Crippen LogP contribution in [0.1, 0.15) is 64.7 Å². The lowest BCUT2D eigenvalue weighted by molar-refractivity contribution is -0.337. The largest absolute Gasteiger partial charge is 0.481 e. The van der Waals surface area contributed by atoms with Crippen LogP contribution in [0.15, 0.2) is 12.2 Å². The van der Waals surface area contributed by atoms with Gasteiger partial charge in [-0.25, -0.2) is 14.7 Å². The summed E-state index contributed by atoms with van der Waals surface area (Å²) in [5.41, 5.74) is 0. The van der Waals surface area contributed by atoms with Crippen LogP contribution in [0.4, 0.5) is 0 Å². The molecule has 2 bridgehead atoms. The summed E-state index contributed by atoms with van der Waals surface area (Å²) in [5.74, 6) is 0.0659. The minimum atomic E-state index is -0.707. The Bertz CT molecular complexity index is 406. The lowest BCUT2D eigenvalue weighted by atomic mass is 9.87. The van der Waals surface area contributed by atoms with Crippen molar-refractivity contribution >= 4 is 5.97 Å². The fourth-order valence-corrected chi connectivity index (χ4v) is 3.77. The molecule has 2 fully saturated rings. The zero-order chi connectivity index (χ0) is 17.4. The summed E-state index contributed by atoms with van der Waals surface area (Å²) >= 11 is 0. The number of hydrogen-bond acceptors (Lipinski definition) is 5. The molecule has 0 amide bonds. The van der Waals surface area contributed by atoms with Crippen molar-refractivity contribution in [1.82, 2.24) is 0 Å². The molecule has 6 nitrogen and oxygen atoms in total. The van der Waals surface area contributed by atoms with E-state index in [4.69, 9.17) is 20.1 Å². The molecule has 2 rings (SSSR count). The van der Waals surface area contributed by atoms with Crippen LogP contribution in [0.3, 0.4) is 0 Å². The number of unbranched alkanes of at least 4 members (excludes halogenated alkanes) is 4. The van der Waals surface area contributed by atoms with Crippen molar-refractivity contribution in [3.8, 4) is 0 Å². The summed E-state index contributed by atoms with van der Waals surface area (Å²) in [4.78, 5) is 25.7. The molecule has 0 aromatic rings. The van der Waals surface area contributed by atoms with E-state index in [0.29, 0.717) is 11.8 Å². The zero-order valence-corrected chi connectivity index (χ0v) is 14.4. The minimum absolute atomic E-state index is 0.114. The molecule has 0 radical (unpaired) electrons. The third kappa shape index (κ3) is 5.55. The van der Waals surface area contributed by atoms with Gasteiger partial charge in [-0.3, -0.25) is 10.1 Å². The highest BCUT2D eigenvalue weighted by atomic mass is 17.2. The van der Waals surface area contributed by atoms with E-state index >= 15 is 0 Å². The van der Waals surface area contributed by atoms with Crippen LogP contribution in [0.25, 0.3) is 0 Å². The standard InChI is InChI=1S/C18H30O6/c1-2-13(22-21)10-11-15-14(16-12-17(15)24-23-16)8-6-4-3-5-7-9-18(19)20/h10-11,13-17,21H,2-9,12H2,1H3,(H,19,20)/t13?,14-,15-,16+,17+/m0/s1. The Labute approximate surface area is 143 Å². The van der Waals surface area contributed by atoms with Gasteiger partial charge >= 0.3 is 5.97 Å². The Hall–Kier alpha value is -0.950. The summed E-state index contributed by atoms with van der Waals surface area (Å²) in [6, 6.07) is 0. The van der Waals surface area contributed by atoms with Gasteiger partial charge in [0.05, 0.1) is 6.10 Å². The van der Waals surface area contributed by atoms with E-state index in [-0.39, 0.29) is 24.7 Å². The van der Waals surface area contributed by atoms with Crippen molar-refractivity contribution in [3.05, 3.63) is 12.2 Å². The van der Waals surface area contributed by atoms with Gasteiger partial charge in [0.25, 0.3) is 0 Å². The van der Waals surface area contributed by atoms with E-state index in [1.807, 2.05) is 13.0 Å². The molecule has 6 heteroatoms. The van der Waals surface area contributed by atoms with E-state index in [1.165, 1.54) is 0 Å². The molecule has 0 aromatic heterocycles. The van der Waals surface area contributed by atoms with Crippen LogP contribution in [0.5, 0.6) is 0 Å². The second-order valence-corrected chi connectivity index (χ2v) is 6.88. The highest BCUT2D eigenvalue weighted by Crippen LogP contribution is 2.45. The maximum Gasteiger partial charge on any atom is 0.303 e. The number of carbonyl (C=O) groups is 1. The minimum Gasteiger partial charge on any atom is -0.481 e. The molecule has 24 heavy (non-hydrogen) atoms. The predicted octanol–water partition coefficient (Wildman–Crippen LogP) is 3.96. The first-order valence-electron chi connectivity index (χ1n) is 9.18. The van der Waals surface area contributed by atoms with E-state index < -0.39 is 5.97 Å². The van der Waals surface area contributed by atoms with Gasteiger partial charge in [0.1, 0.15) is 12.2 Å². The monoisotopic (exact) mass is 342 g/mol. The predicted molar refractivity (Wildman–Crippen MR) is 88.2 cm³/mol. The molecule has 1 aliphatic carbocycles. The van der Waals surface area contributed by atoms with Crippen molar-refractivity contribution in [2.45, 2.75) is 83.0 Å². The van der Waals surface area contributed by atoms with Gasteiger partial charge < -0.3 is 5.11 Å². The number of hydrogen-bond donors (Lipinski definition) is 2. The second kappa shape index (κ2) is 10.1. The molecule has 138 valence electrons. The summed E-state index contributed by atoms with van der Waals surface area (Å²) in [6.07, 6.45) is 12.2. The van der Waals surface area contributed by atoms with Crippen molar-refractivity contribution in [2.75, 3.05) is 0 Å². The van der Waals surface area contributed by atoms with Crippen molar-refractivity contribution in [1.29, 1.82) is 0 Å². The van der Waals surface area contributed by atoms with E-state index in [0.717, 1.165) is 51.4 Å². The van der Waals surface area contributed by atoms with Gasteiger partial charge in [-0.1, -0.05) is 44.8 Å². The number of carboxylic acids is 1. The first-order chi connectivity index (χ1) is 11.7. The van der Waals surface area contributed by atoms with Crippen LogP contribution >= 0.6 is 0 Å². The second-order valence-electron chi connectivity index (χ2n) is 6.88. The molecule has 1 aliphatic heterocycles. The molecule has 1 saturated carbocycles. The fraction of sp³-hybridized carbons (Fsp3) is 0.833. The quantitative estimate of drug-likeness (QED) is 0.242. The fourth-order valence-electron chi connectivity index (χ4n) is 3.77. The topological polar surface area (TPSA) is 85.2 Å². The molecular weight excluding hydrogens is 312 g/mol. The van der Waals surface area contributed by atoms with Crippen LogP contribution in [-0.2, 0) is 19.5 Å². The number of fused-ring (bicyclic) bond motifs is 2. The number of rotatable bonds is 12. The molecule has 2 N–H and O–H groups in total. The smallest absolute Gasteiger partial charge is 0.303 e. The van der Waals surface area contributed by atoms with Crippen LogP contribution in [-0.4, -0.2) is 34.6 Å². The lowest BCUT2D eigenvalue weighted by Crippen LogP contribution is -2.29. The first-order valence-corrected chi connectivity index (χ1v) is 9.18. The summed E-state index contributed by atoms with van der Waals surface area (Å²) in [5, 5.41) is 17.5. The normalized spacial score (nSPS) is 30.2.